The molecule has 3 atom stereocenters. The van der Waals surface area contributed by atoms with Gasteiger partial charge in [-0.25, -0.2) is 13.5 Å². The lowest BCUT2D eigenvalue weighted by Crippen LogP contribution is -2.55. The van der Waals surface area contributed by atoms with E-state index in [-0.39, 0.29) is 25.4 Å². The number of carbonyl (C=O) groups excluding carboxylic acids is 2. The second-order valence-electron chi connectivity index (χ2n) is 8.63. The van der Waals surface area contributed by atoms with Crippen molar-refractivity contribution in [3.63, 3.8) is 0 Å². The molecule has 1 N–H and O–H groups in total. The molecule has 184 valence electrons. The van der Waals surface area contributed by atoms with E-state index in [9.17, 15) is 31.2 Å². The molecule has 2 aliphatic rings. The summed E-state index contributed by atoms with van der Waals surface area (Å²) in [6.45, 7) is 1.32. The van der Waals surface area contributed by atoms with Gasteiger partial charge in [-0.15, -0.1) is 0 Å². The Morgan fingerprint density at radius 3 is 2.55 bits per heavy atom. The van der Waals surface area contributed by atoms with Crippen molar-refractivity contribution in [3.05, 3.63) is 29.8 Å². The zero-order chi connectivity index (χ0) is 24.6. The topological polar surface area (TPSA) is 102 Å². The average Bonchev–Trinajstić information content (AvgIpc) is 3.61. The molecule has 33 heavy (non-hydrogen) atoms. The van der Waals surface area contributed by atoms with Gasteiger partial charge in [0.15, 0.2) is 9.84 Å². The minimum Gasteiger partial charge on any atom is -0.368 e. The van der Waals surface area contributed by atoms with Crippen molar-refractivity contribution in [2.45, 2.75) is 60.6 Å². The summed E-state index contributed by atoms with van der Waals surface area (Å²) in [6, 6.07) is 2.73. The molecule has 3 rings (SSSR count). The summed E-state index contributed by atoms with van der Waals surface area (Å²) < 4.78 is 69.9. The summed E-state index contributed by atoms with van der Waals surface area (Å²) in [6.07, 6.45) is -4.62. The highest BCUT2D eigenvalue weighted by molar-refractivity contribution is 7.92. The van der Waals surface area contributed by atoms with Crippen LogP contribution < -0.4 is 5.32 Å². The van der Waals surface area contributed by atoms with E-state index in [4.69, 9.17) is 9.57 Å². The molecule has 12 heteroatoms. The largest absolute Gasteiger partial charge is 0.416 e. The van der Waals surface area contributed by atoms with Gasteiger partial charge in [0, 0.05) is 20.1 Å². The second kappa shape index (κ2) is 9.22. The van der Waals surface area contributed by atoms with Gasteiger partial charge in [-0.3, -0.25) is 14.4 Å². The van der Waals surface area contributed by atoms with E-state index < -0.39 is 55.2 Å². The van der Waals surface area contributed by atoms with Crippen LogP contribution in [0.4, 0.5) is 13.2 Å². The molecule has 1 aliphatic heterocycles. The van der Waals surface area contributed by atoms with Gasteiger partial charge >= 0.3 is 6.18 Å². The van der Waals surface area contributed by atoms with E-state index >= 15 is 0 Å². The molecule has 3 unspecified atom stereocenters. The highest BCUT2D eigenvalue weighted by Gasteiger charge is 2.48. The molecule has 0 bridgehead atoms. The van der Waals surface area contributed by atoms with Crippen LogP contribution in [0.2, 0.25) is 0 Å². The first-order valence-corrected chi connectivity index (χ1v) is 11.9. The first-order chi connectivity index (χ1) is 15.3. The van der Waals surface area contributed by atoms with Crippen LogP contribution in [-0.4, -0.2) is 63.0 Å². The molecular formula is C21H27F3N2O6S. The molecular weight excluding hydrogens is 465 g/mol. The van der Waals surface area contributed by atoms with Crippen molar-refractivity contribution in [1.82, 2.24) is 10.4 Å². The number of carbonyl (C=O) groups is 2. The van der Waals surface area contributed by atoms with Crippen LogP contribution >= 0.6 is 0 Å². The lowest BCUT2D eigenvalue weighted by Gasteiger charge is -2.37. The molecule has 8 nitrogen and oxygen atoms in total. The number of hydroxylamine groups is 2. The van der Waals surface area contributed by atoms with Crippen LogP contribution in [0.25, 0.3) is 0 Å². The maximum absolute atomic E-state index is 13.3. The van der Waals surface area contributed by atoms with Gasteiger partial charge in [0.25, 0.3) is 5.91 Å². The summed E-state index contributed by atoms with van der Waals surface area (Å²) in [5.41, 5.74) is -1.07. The SMILES string of the molecule is CON(C)C(=O)C(NC(=O)C1CC(C)(S(=O)(=O)c2cccc(C(F)(F)F)c2)CCO1)C1CC1. The summed E-state index contributed by atoms with van der Waals surface area (Å²) in [7, 11) is -1.50. The van der Waals surface area contributed by atoms with E-state index in [2.05, 4.69) is 5.32 Å². The van der Waals surface area contributed by atoms with Gasteiger partial charge in [0.2, 0.25) is 5.91 Å². The number of hydrogen-bond donors (Lipinski definition) is 1. The van der Waals surface area contributed by atoms with Crippen molar-refractivity contribution in [2.24, 2.45) is 5.92 Å². The van der Waals surface area contributed by atoms with Crippen LogP contribution in [0.1, 0.15) is 38.2 Å². The third-order valence-electron chi connectivity index (χ3n) is 6.22. The fourth-order valence-electron chi connectivity index (χ4n) is 3.85. The zero-order valence-electron chi connectivity index (χ0n) is 18.5. The fourth-order valence-corrected chi connectivity index (χ4v) is 5.68. The Labute approximate surface area is 190 Å². The molecule has 1 heterocycles. The maximum atomic E-state index is 13.3. The van der Waals surface area contributed by atoms with Gasteiger partial charge in [0.1, 0.15) is 12.1 Å². The summed E-state index contributed by atoms with van der Waals surface area (Å²) >= 11 is 0. The minimum atomic E-state index is -4.69. The Morgan fingerprint density at radius 1 is 1.30 bits per heavy atom. The van der Waals surface area contributed by atoms with E-state index in [1.807, 2.05) is 0 Å². The lowest BCUT2D eigenvalue weighted by molar-refractivity contribution is -0.172. The number of nitrogens with one attached hydrogen (secondary N) is 1. The summed E-state index contributed by atoms with van der Waals surface area (Å²) in [5, 5.41) is 3.65. The van der Waals surface area contributed by atoms with Gasteiger partial charge in [-0.2, -0.15) is 13.2 Å². The Balaban J connectivity index is 1.79. The van der Waals surface area contributed by atoms with E-state index in [1.165, 1.54) is 21.1 Å². The smallest absolute Gasteiger partial charge is 0.368 e. The number of alkyl halides is 3. The minimum absolute atomic E-state index is 0.00670. The molecule has 0 radical (unpaired) electrons. The van der Waals surface area contributed by atoms with Crippen molar-refractivity contribution < 1.29 is 40.8 Å². The maximum Gasteiger partial charge on any atom is 0.416 e. The number of likely N-dealkylation sites (N-methyl/N-ethyl adjacent to an activating group) is 1. The standard InChI is InChI=1S/C21H27F3N2O6S/c1-20(33(29,30)15-6-4-5-14(11-15)21(22,23)24)9-10-32-16(12-20)18(27)25-17(13-7-8-13)19(28)26(2)31-3/h4-6,11,13,16-17H,7-10,12H2,1-3H3,(H,25,27). The van der Waals surface area contributed by atoms with Gasteiger partial charge < -0.3 is 10.1 Å². The highest BCUT2D eigenvalue weighted by atomic mass is 32.2. The molecule has 1 saturated heterocycles. The first kappa shape index (κ1) is 25.4. The Bertz CT molecular complexity index is 1010. The lowest BCUT2D eigenvalue weighted by atomic mass is 9.95. The van der Waals surface area contributed by atoms with Gasteiger partial charge in [0.05, 0.1) is 22.3 Å². The van der Waals surface area contributed by atoms with Crippen LogP contribution in [0, 0.1) is 5.92 Å². The normalized spacial score (nSPS) is 24.7. The van der Waals surface area contributed by atoms with E-state index in [0.717, 1.165) is 36.1 Å². The molecule has 1 aromatic rings. The number of rotatable bonds is 7. The predicted octanol–water partition coefficient (Wildman–Crippen LogP) is 2.33. The number of ether oxygens (including phenoxy) is 1. The van der Waals surface area contributed by atoms with Crippen molar-refractivity contribution in [1.29, 1.82) is 0 Å². The van der Waals surface area contributed by atoms with Gasteiger partial charge in [-0.05, 0) is 50.3 Å². The van der Waals surface area contributed by atoms with Crippen LogP contribution in [0.15, 0.2) is 29.2 Å². The second-order valence-corrected chi connectivity index (χ2v) is 11.1. The van der Waals surface area contributed by atoms with Crippen LogP contribution in [0.3, 0.4) is 0 Å². The molecule has 0 spiro atoms. The summed E-state index contributed by atoms with van der Waals surface area (Å²) in [4.78, 5) is 29.9. The fraction of sp³-hybridized carbons (Fsp3) is 0.619. The predicted molar refractivity (Wildman–Crippen MR) is 110 cm³/mol. The Kier molecular flexibility index (Phi) is 7.11. The third kappa shape index (κ3) is 5.33. The number of hydrogen-bond acceptors (Lipinski definition) is 6. The quantitative estimate of drug-likeness (QED) is 0.587. The molecule has 0 aromatic heterocycles. The zero-order valence-corrected chi connectivity index (χ0v) is 19.3. The molecule has 2 amide bonds. The average molecular weight is 493 g/mol. The number of benzene rings is 1. The first-order valence-electron chi connectivity index (χ1n) is 10.5. The van der Waals surface area contributed by atoms with Crippen LogP contribution in [-0.2, 0) is 35.2 Å². The molecule has 1 aliphatic carbocycles. The van der Waals surface area contributed by atoms with E-state index in [1.54, 1.807) is 0 Å². The molecule has 1 saturated carbocycles. The van der Waals surface area contributed by atoms with Crippen molar-refractivity contribution >= 4 is 21.7 Å². The molecule has 1 aromatic carbocycles. The number of amides is 2. The Hall–Kier alpha value is -2.18. The van der Waals surface area contributed by atoms with Crippen molar-refractivity contribution in [3.8, 4) is 0 Å². The number of halogens is 3. The van der Waals surface area contributed by atoms with Crippen LogP contribution in [0.5, 0.6) is 0 Å². The van der Waals surface area contributed by atoms with Crippen molar-refractivity contribution in [2.75, 3.05) is 20.8 Å². The number of nitrogens with zero attached hydrogens (tertiary/aromatic N) is 1. The molecule has 2 fully saturated rings. The highest BCUT2D eigenvalue weighted by Crippen LogP contribution is 2.39. The monoisotopic (exact) mass is 492 g/mol. The summed E-state index contributed by atoms with van der Waals surface area (Å²) in [5.74, 6) is -1.14. The number of sulfone groups is 1. The van der Waals surface area contributed by atoms with Gasteiger partial charge in [-0.1, -0.05) is 6.07 Å². The third-order valence-corrected chi connectivity index (χ3v) is 8.76. The Morgan fingerprint density at radius 2 is 1.97 bits per heavy atom. The van der Waals surface area contributed by atoms with E-state index in [0.29, 0.717) is 6.07 Å².